The molecule has 10 heteroatoms. The van der Waals surface area contributed by atoms with E-state index in [9.17, 15) is 13.5 Å². The molecule has 0 heterocycles. The topological polar surface area (TPSA) is 113 Å². The van der Waals surface area contributed by atoms with E-state index in [1.807, 2.05) is 0 Å². The summed E-state index contributed by atoms with van der Waals surface area (Å²) in [5.74, 6) is 0. The van der Waals surface area contributed by atoms with Gasteiger partial charge in [0.2, 0.25) is 0 Å². The molecule has 2 atom stereocenters. The number of alkyl halides is 1. The third-order valence-corrected chi connectivity index (χ3v) is 3.03. The van der Waals surface area contributed by atoms with Gasteiger partial charge in [-0.3, -0.25) is 4.52 Å². The van der Waals surface area contributed by atoms with E-state index in [1.165, 1.54) is 6.92 Å². The Bertz CT molecular complexity index is 353. The summed E-state index contributed by atoms with van der Waals surface area (Å²) in [7, 11) is -10.3. The molecule has 0 saturated carbocycles. The second kappa shape index (κ2) is 5.86. The summed E-state index contributed by atoms with van der Waals surface area (Å²) in [4.78, 5) is 25.3. The van der Waals surface area contributed by atoms with Crippen molar-refractivity contribution in [1.29, 1.82) is 0 Å². The number of phosphoric ester groups is 1. The van der Waals surface area contributed by atoms with E-state index in [2.05, 4.69) is 8.83 Å². The Hall–Kier alpha value is -0.0700. The van der Waals surface area contributed by atoms with Crippen molar-refractivity contribution >= 4 is 15.6 Å². The second-order valence-corrected chi connectivity index (χ2v) is 5.21. The van der Waals surface area contributed by atoms with Crippen molar-refractivity contribution in [3.05, 3.63) is 11.6 Å². The predicted octanol–water partition coefficient (Wildman–Crippen LogP) is 1.13. The number of hydrogen-bond donors (Lipinski definition) is 3. The van der Waals surface area contributed by atoms with Crippen molar-refractivity contribution in [3.63, 3.8) is 0 Å². The summed E-state index contributed by atoms with van der Waals surface area (Å²) in [5.41, 5.74) is 0.0659. The van der Waals surface area contributed by atoms with Crippen LogP contribution in [0.5, 0.6) is 0 Å². The molecule has 0 radical (unpaired) electrons. The van der Waals surface area contributed by atoms with Crippen molar-refractivity contribution in [2.75, 3.05) is 13.3 Å². The van der Waals surface area contributed by atoms with E-state index in [4.69, 9.17) is 16.1 Å². The summed E-state index contributed by atoms with van der Waals surface area (Å²) in [6.45, 7) is -1.34. The molecule has 0 aromatic rings. The molecule has 0 rings (SSSR count). The highest BCUT2D eigenvalue weighted by Crippen LogP contribution is 2.57. The second-order valence-electron chi connectivity index (χ2n) is 2.43. The highest BCUT2D eigenvalue weighted by molar-refractivity contribution is 7.60. The first-order valence-corrected chi connectivity index (χ1v) is 6.52. The molecule has 0 saturated heterocycles. The van der Waals surface area contributed by atoms with Crippen LogP contribution in [-0.2, 0) is 18.0 Å². The fourth-order valence-corrected chi connectivity index (χ4v) is 1.87. The lowest BCUT2D eigenvalue weighted by Gasteiger charge is -2.10. The zero-order valence-electron chi connectivity index (χ0n) is 8.61. The van der Waals surface area contributed by atoms with Crippen molar-refractivity contribution in [2.24, 2.45) is 0 Å². The molecular formula is C5H11FO7P2. The van der Waals surface area contributed by atoms with Gasteiger partial charge in [0.05, 0.1) is 7.95 Å². The van der Waals surface area contributed by atoms with Crippen LogP contribution >= 0.6 is 15.6 Å². The summed E-state index contributed by atoms with van der Waals surface area (Å²) in [6, 6.07) is 0. The zero-order valence-corrected chi connectivity index (χ0v) is 9.40. The van der Waals surface area contributed by atoms with Crippen LogP contribution in [-0.4, -0.2) is 27.9 Å². The maximum Gasteiger partial charge on any atom is 0.481 e. The maximum atomic E-state index is 12.0. The van der Waals surface area contributed by atoms with Gasteiger partial charge in [0, 0.05) is 0 Å². The molecule has 3 N–H and O–H groups in total. The third-order valence-electron chi connectivity index (χ3n) is 0.967. The van der Waals surface area contributed by atoms with Crippen LogP contribution in [0.25, 0.3) is 0 Å². The zero-order chi connectivity index (χ0) is 13.0. The van der Waals surface area contributed by atoms with Crippen LogP contribution < -0.4 is 0 Å². The molecule has 0 bridgehead atoms. The smallest absolute Gasteiger partial charge is 0.302 e. The lowest BCUT2D eigenvalue weighted by molar-refractivity contribution is 0.191. The van der Waals surface area contributed by atoms with Crippen molar-refractivity contribution in [2.45, 2.75) is 6.92 Å². The monoisotopic (exact) mass is 265 g/mol. The minimum Gasteiger partial charge on any atom is -0.302 e. The van der Waals surface area contributed by atoms with E-state index < -0.39 is 28.9 Å². The molecule has 0 aliphatic carbocycles. The van der Waals surface area contributed by atoms with Crippen molar-refractivity contribution < 1.29 is 38.4 Å². The Balaban J connectivity index is 4.49. The SMILES string of the molecule is [2H][C@@H](/C=C(\C)CF)OP(=O)(O)OP(=O)(O)O. The number of halogens is 1. The minimum absolute atomic E-state index is 0.0659. The molecule has 0 spiro atoms. The van der Waals surface area contributed by atoms with E-state index in [0.717, 1.165) is 6.08 Å². The van der Waals surface area contributed by atoms with Gasteiger partial charge in [-0.15, -0.1) is 0 Å². The number of allylic oxidation sites excluding steroid dienone is 1. The Kier molecular flexibility index (Phi) is 5.08. The van der Waals surface area contributed by atoms with Crippen molar-refractivity contribution in [1.82, 2.24) is 0 Å². The van der Waals surface area contributed by atoms with Crippen LogP contribution in [0.4, 0.5) is 4.39 Å². The predicted molar refractivity (Wildman–Crippen MR) is 48.6 cm³/mol. The van der Waals surface area contributed by atoms with Gasteiger partial charge in [-0.05, 0) is 12.5 Å². The van der Waals surface area contributed by atoms with Crippen LogP contribution in [0.15, 0.2) is 11.6 Å². The van der Waals surface area contributed by atoms with Gasteiger partial charge in [-0.2, -0.15) is 4.31 Å². The normalized spacial score (nSPS) is 20.6. The molecule has 0 amide bonds. The van der Waals surface area contributed by atoms with Gasteiger partial charge in [-0.25, -0.2) is 13.5 Å². The minimum atomic E-state index is -5.20. The number of phosphoric acid groups is 2. The molecule has 15 heavy (non-hydrogen) atoms. The van der Waals surface area contributed by atoms with Gasteiger partial charge in [0.15, 0.2) is 0 Å². The molecule has 0 aromatic heterocycles. The lowest BCUT2D eigenvalue weighted by Crippen LogP contribution is -1.95. The van der Waals surface area contributed by atoms with Gasteiger partial charge in [0.25, 0.3) is 0 Å². The first kappa shape index (κ1) is 13.0. The first-order chi connectivity index (χ1) is 7.06. The third kappa shape index (κ3) is 8.89. The Labute approximate surface area is 86.8 Å². The number of rotatable bonds is 6. The van der Waals surface area contributed by atoms with Crippen molar-refractivity contribution in [3.8, 4) is 0 Å². The molecule has 0 aromatic carbocycles. The summed E-state index contributed by atoms with van der Waals surface area (Å²) in [6.07, 6.45) is 0.853. The summed E-state index contributed by atoms with van der Waals surface area (Å²) < 4.78 is 47.5. The van der Waals surface area contributed by atoms with Crippen LogP contribution in [0.1, 0.15) is 8.29 Å². The molecule has 0 aliphatic rings. The van der Waals surface area contributed by atoms with Gasteiger partial charge in [0.1, 0.15) is 6.67 Å². The highest BCUT2D eigenvalue weighted by atomic mass is 31.3. The average molecular weight is 265 g/mol. The van der Waals surface area contributed by atoms with Crippen LogP contribution in [0, 0.1) is 0 Å². The Morgan fingerprint density at radius 3 is 2.47 bits per heavy atom. The standard InChI is InChI=1S/C5H11FO7P2/c1-5(4-6)2-3-12-15(10,11)13-14(7,8)9/h2H,3-4H2,1H3,(H,10,11)(H2,7,8,9)/b5-2+/i3D/t3-/m0/s1. The summed E-state index contributed by atoms with van der Waals surface area (Å²) in [5, 5.41) is 0. The molecular weight excluding hydrogens is 253 g/mol. The average Bonchev–Trinajstić information content (AvgIpc) is 1.97. The van der Waals surface area contributed by atoms with E-state index >= 15 is 0 Å². The fourth-order valence-electron chi connectivity index (χ4n) is 0.422. The maximum absolute atomic E-state index is 12.0. The van der Waals surface area contributed by atoms with E-state index in [-0.39, 0.29) is 5.57 Å². The van der Waals surface area contributed by atoms with Crippen LogP contribution in [0.2, 0.25) is 0 Å². The largest absolute Gasteiger partial charge is 0.481 e. The fraction of sp³-hybridized carbons (Fsp3) is 0.600. The molecule has 90 valence electrons. The van der Waals surface area contributed by atoms with Gasteiger partial charge < -0.3 is 14.7 Å². The molecule has 0 aliphatic heterocycles. The summed E-state index contributed by atoms with van der Waals surface area (Å²) >= 11 is 0. The molecule has 0 fully saturated rings. The Morgan fingerprint density at radius 2 is 2.07 bits per heavy atom. The Morgan fingerprint density at radius 1 is 1.53 bits per heavy atom. The van der Waals surface area contributed by atoms with E-state index in [0.29, 0.717) is 0 Å². The highest BCUT2D eigenvalue weighted by Gasteiger charge is 2.31. The van der Waals surface area contributed by atoms with Gasteiger partial charge >= 0.3 is 15.6 Å². The molecule has 1 unspecified atom stereocenters. The first-order valence-electron chi connectivity index (χ1n) is 4.07. The quantitative estimate of drug-likeness (QED) is 0.487. The van der Waals surface area contributed by atoms with Crippen LogP contribution in [0.3, 0.4) is 0 Å². The van der Waals surface area contributed by atoms with Gasteiger partial charge in [-0.1, -0.05) is 6.08 Å². The molecule has 7 nitrogen and oxygen atoms in total. The van der Waals surface area contributed by atoms with E-state index in [1.54, 1.807) is 0 Å². The lowest BCUT2D eigenvalue weighted by atomic mass is 10.3. The number of hydrogen-bond acceptors (Lipinski definition) is 4.